The van der Waals surface area contributed by atoms with Gasteiger partial charge in [0.2, 0.25) is 0 Å². The maximum atomic E-state index is 5.84. The second-order valence-corrected chi connectivity index (χ2v) is 5.40. The number of halogens is 1. The lowest BCUT2D eigenvalue weighted by Crippen LogP contribution is -1.98. The molecule has 0 saturated carbocycles. The first-order chi connectivity index (χ1) is 8.08. The van der Waals surface area contributed by atoms with Gasteiger partial charge in [0.15, 0.2) is 11.6 Å². The van der Waals surface area contributed by atoms with Gasteiger partial charge >= 0.3 is 0 Å². The zero-order valence-electron chi connectivity index (χ0n) is 9.90. The SMILES string of the molecule is CC(C)Cc1c(N)noc1-c1ccc(Br)cc1. The maximum Gasteiger partial charge on any atom is 0.172 e. The first-order valence-corrected chi connectivity index (χ1v) is 6.37. The van der Waals surface area contributed by atoms with Crippen molar-refractivity contribution in [3.8, 4) is 11.3 Å². The lowest BCUT2D eigenvalue weighted by atomic mass is 10.00. The average molecular weight is 295 g/mol. The molecule has 1 aromatic carbocycles. The van der Waals surface area contributed by atoms with E-state index in [0.29, 0.717) is 11.7 Å². The number of hydrogen-bond acceptors (Lipinski definition) is 3. The Labute approximate surface area is 109 Å². The fraction of sp³-hybridized carbons (Fsp3) is 0.308. The fourth-order valence-corrected chi connectivity index (χ4v) is 2.02. The summed E-state index contributed by atoms with van der Waals surface area (Å²) in [6.45, 7) is 4.30. The standard InChI is InChI=1S/C13H15BrN2O/c1-8(2)7-11-12(17-16-13(11)15)9-3-5-10(14)6-4-9/h3-6,8H,7H2,1-2H3,(H2,15,16). The molecule has 1 aromatic heterocycles. The Morgan fingerprint density at radius 1 is 1.29 bits per heavy atom. The Kier molecular flexibility index (Phi) is 3.52. The van der Waals surface area contributed by atoms with Crippen LogP contribution in [0, 0.1) is 5.92 Å². The largest absolute Gasteiger partial charge is 0.381 e. The molecule has 2 aromatic rings. The van der Waals surface area contributed by atoms with Crippen LogP contribution in [0.25, 0.3) is 11.3 Å². The van der Waals surface area contributed by atoms with E-state index in [1.807, 2.05) is 24.3 Å². The number of anilines is 1. The smallest absolute Gasteiger partial charge is 0.172 e. The van der Waals surface area contributed by atoms with Crippen molar-refractivity contribution >= 4 is 21.7 Å². The Balaban J connectivity index is 2.41. The Morgan fingerprint density at radius 2 is 1.94 bits per heavy atom. The van der Waals surface area contributed by atoms with Crippen LogP contribution in [-0.4, -0.2) is 5.16 Å². The number of aromatic nitrogens is 1. The van der Waals surface area contributed by atoms with Crippen LogP contribution in [0.1, 0.15) is 19.4 Å². The molecule has 0 aliphatic rings. The van der Waals surface area contributed by atoms with Crippen LogP contribution in [0.15, 0.2) is 33.3 Å². The predicted octanol–water partition coefficient (Wildman–Crippen LogP) is 3.88. The van der Waals surface area contributed by atoms with E-state index in [2.05, 4.69) is 34.9 Å². The molecule has 0 radical (unpaired) electrons. The van der Waals surface area contributed by atoms with Gasteiger partial charge in [0.25, 0.3) is 0 Å². The highest BCUT2D eigenvalue weighted by molar-refractivity contribution is 9.10. The number of nitrogens with zero attached hydrogens (tertiary/aromatic N) is 1. The van der Waals surface area contributed by atoms with Crippen LogP contribution in [-0.2, 0) is 6.42 Å². The summed E-state index contributed by atoms with van der Waals surface area (Å²) >= 11 is 3.41. The van der Waals surface area contributed by atoms with Gasteiger partial charge < -0.3 is 10.3 Å². The lowest BCUT2D eigenvalue weighted by molar-refractivity contribution is 0.434. The zero-order valence-corrected chi connectivity index (χ0v) is 11.5. The van der Waals surface area contributed by atoms with Gasteiger partial charge in [-0.15, -0.1) is 0 Å². The van der Waals surface area contributed by atoms with Crippen molar-refractivity contribution in [2.24, 2.45) is 5.92 Å². The predicted molar refractivity (Wildman–Crippen MR) is 72.6 cm³/mol. The van der Waals surface area contributed by atoms with Gasteiger partial charge in [0.1, 0.15) is 0 Å². The highest BCUT2D eigenvalue weighted by Gasteiger charge is 2.16. The van der Waals surface area contributed by atoms with E-state index < -0.39 is 0 Å². The minimum Gasteiger partial charge on any atom is -0.381 e. The van der Waals surface area contributed by atoms with Crippen molar-refractivity contribution in [1.29, 1.82) is 0 Å². The van der Waals surface area contributed by atoms with Crippen molar-refractivity contribution in [1.82, 2.24) is 5.16 Å². The molecule has 0 bridgehead atoms. The summed E-state index contributed by atoms with van der Waals surface area (Å²) in [5.41, 5.74) is 7.85. The summed E-state index contributed by atoms with van der Waals surface area (Å²) in [6, 6.07) is 7.95. The first-order valence-electron chi connectivity index (χ1n) is 5.58. The third-order valence-corrected chi connectivity index (χ3v) is 3.07. The normalized spacial score (nSPS) is 11.1. The second kappa shape index (κ2) is 4.92. The second-order valence-electron chi connectivity index (χ2n) is 4.48. The average Bonchev–Trinajstić information content (AvgIpc) is 2.61. The maximum absolute atomic E-state index is 5.84. The number of rotatable bonds is 3. The summed E-state index contributed by atoms with van der Waals surface area (Å²) in [5, 5.41) is 3.86. The van der Waals surface area contributed by atoms with Gasteiger partial charge in [0, 0.05) is 15.6 Å². The molecule has 2 rings (SSSR count). The van der Waals surface area contributed by atoms with Gasteiger partial charge in [-0.3, -0.25) is 0 Å². The molecule has 0 spiro atoms. The van der Waals surface area contributed by atoms with E-state index in [0.717, 1.165) is 27.8 Å². The highest BCUT2D eigenvalue weighted by Crippen LogP contribution is 2.30. The molecule has 90 valence electrons. The van der Waals surface area contributed by atoms with E-state index in [1.165, 1.54) is 0 Å². The van der Waals surface area contributed by atoms with Crippen molar-refractivity contribution in [3.63, 3.8) is 0 Å². The molecule has 0 aliphatic heterocycles. The molecule has 0 saturated heterocycles. The van der Waals surface area contributed by atoms with Gasteiger partial charge in [-0.1, -0.05) is 47.1 Å². The number of nitrogen functional groups attached to an aromatic ring is 1. The molecule has 17 heavy (non-hydrogen) atoms. The van der Waals surface area contributed by atoms with E-state index in [-0.39, 0.29) is 0 Å². The Bertz CT molecular complexity index is 503. The monoisotopic (exact) mass is 294 g/mol. The van der Waals surface area contributed by atoms with Crippen molar-refractivity contribution in [2.45, 2.75) is 20.3 Å². The highest BCUT2D eigenvalue weighted by atomic mass is 79.9. The lowest BCUT2D eigenvalue weighted by Gasteiger charge is -2.05. The van der Waals surface area contributed by atoms with Gasteiger partial charge in [-0.25, -0.2) is 0 Å². The van der Waals surface area contributed by atoms with Crippen LogP contribution in [0.5, 0.6) is 0 Å². The summed E-state index contributed by atoms with van der Waals surface area (Å²) in [7, 11) is 0. The van der Waals surface area contributed by atoms with E-state index >= 15 is 0 Å². The first kappa shape index (κ1) is 12.2. The third kappa shape index (κ3) is 2.69. The van der Waals surface area contributed by atoms with Crippen molar-refractivity contribution in [3.05, 3.63) is 34.3 Å². The van der Waals surface area contributed by atoms with E-state index in [4.69, 9.17) is 10.3 Å². The molecule has 1 heterocycles. The van der Waals surface area contributed by atoms with Gasteiger partial charge in [0.05, 0.1) is 0 Å². The van der Waals surface area contributed by atoms with Crippen molar-refractivity contribution < 1.29 is 4.52 Å². The molecular formula is C13H15BrN2O. The molecule has 0 atom stereocenters. The minimum atomic E-state index is 0.497. The summed E-state index contributed by atoms with van der Waals surface area (Å²) in [6.07, 6.45) is 0.876. The number of hydrogen-bond donors (Lipinski definition) is 1. The summed E-state index contributed by atoms with van der Waals surface area (Å²) in [4.78, 5) is 0. The topological polar surface area (TPSA) is 52.0 Å². The molecule has 0 unspecified atom stereocenters. The molecule has 2 N–H and O–H groups in total. The molecule has 0 aliphatic carbocycles. The molecular weight excluding hydrogens is 280 g/mol. The minimum absolute atomic E-state index is 0.497. The molecule has 0 amide bonds. The molecule has 0 fully saturated rings. The zero-order chi connectivity index (χ0) is 12.4. The van der Waals surface area contributed by atoms with Crippen LogP contribution < -0.4 is 5.73 Å². The molecule has 4 heteroatoms. The number of nitrogens with two attached hydrogens (primary N) is 1. The van der Waals surface area contributed by atoms with Crippen LogP contribution in [0.2, 0.25) is 0 Å². The summed E-state index contributed by atoms with van der Waals surface area (Å²) < 4.78 is 6.37. The van der Waals surface area contributed by atoms with E-state index in [9.17, 15) is 0 Å². The van der Waals surface area contributed by atoms with Crippen molar-refractivity contribution in [2.75, 3.05) is 5.73 Å². The fourth-order valence-electron chi connectivity index (χ4n) is 1.76. The molecule has 3 nitrogen and oxygen atoms in total. The van der Waals surface area contributed by atoms with E-state index in [1.54, 1.807) is 0 Å². The quantitative estimate of drug-likeness (QED) is 0.934. The van der Waals surface area contributed by atoms with Gasteiger partial charge in [-0.05, 0) is 24.5 Å². The van der Waals surface area contributed by atoms with Crippen LogP contribution in [0.4, 0.5) is 5.82 Å². The summed E-state index contributed by atoms with van der Waals surface area (Å²) in [5.74, 6) is 1.80. The van der Waals surface area contributed by atoms with Crippen LogP contribution in [0.3, 0.4) is 0 Å². The van der Waals surface area contributed by atoms with Crippen LogP contribution >= 0.6 is 15.9 Å². The third-order valence-electron chi connectivity index (χ3n) is 2.54. The van der Waals surface area contributed by atoms with Gasteiger partial charge in [-0.2, -0.15) is 0 Å². The Morgan fingerprint density at radius 3 is 2.53 bits per heavy atom. The Hall–Kier alpha value is -1.29. The number of benzene rings is 1.